The lowest BCUT2D eigenvalue weighted by Gasteiger charge is -2.38. The zero-order valence-electron chi connectivity index (χ0n) is 11.8. The molecule has 2 rings (SSSR count). The molecular weight excluding hydrogens is 276 g/mol. The van der Waals surface area contributed by atoms with Crippen LogP contribution >= 0.6 is 23.4 Å². The number of nitrogens with zero attached hydrogens (tertiary/aromatic N) is 2. The van der Waals surface area contributed by atoms with Gasteiger partial charge in [0.05, 0.1) is 0 Å². The summed E-state index contributed by atoms with van der Waals surface area (Å²) in [5.74, 6) is 1.24. The highest BCUT2D eigenvalue weighted by molar-refractivity contribution is 7.98. The first-order valence-corrected chi connectivity index (χ1v) is 8.69. The fraction of sp³-hybridized carbons (Fsp3) is 0.600. The van der Waals surface area contributed by atoms with Crippen molar-refractivity contribution in [3.63, 3.8) is 0 Å². The number of rotatable bonds is 5. The van der Waals surface area contributed by atoms with Gasteiger partial charge in [-0.1, -0.05) is 29.8 Å². The van der Waals surface area contributed by atoms with E-state index in [4.69, 9.17) is 11.6 Å². The lowest BCUT2D eigenvalue weighted by Crippen LogP contribution is -2.47. The highest BCUT2D eigenvalue weighted by Gasteiger charge is 2.22. The molecule has 0 N–H and O–H groups in total. The van der Waals surface area contributed by atoms with Gasteiger partial charge in [0, 0.05) is 49.5 Å². The Hall–Kier alpha value is -0.220. The van der Waals surface area contributed by atoms with E-state index in [2.05, 4.69) is 35.1 Å². The largest absolute Gasteiger partial charge is 0.300 e. The van der Waals surface area contributed by atoms with Crippen LogP contribution in [0.4, 0.5) is 0 Å². The van der Waals surface area contributed by atoms with E-state index >= 15 is 0 Å². The second-order valence-electron chi connectivity index (χ2n) is 5.07. The van der Waals surface area contributed by atoms with Crippen molar-refractivity contribution < 1.29 is 0 Å². The summed E-state index contributed by atoms with van der Waals surface area (Å²) in [7, 11) is 0. The monoisotopic (exact) mass is 298 g/mol. The van der Waals surface area contributed by atoms with Gasteiger partial charge in [0.1, 0.15) is 0 Å². The van der Waals surface area contributed by atoms with Crippen LogP contribution in [0.25, 0.3) is 0 Å². The summed E-state index contributed by atoms with van der Waals surface area (Å²) in [5.41, 5.74) is 1.25. The number of hydrogen-bond acceptors (Lipinski definition) is 3. The number of piperazine rings is 1. The molecule has 0 amide bonds. The molecule has 1 aromatic carbocycles. The van der Waals surface area contributed by atoms with Crippen molar-refractivity contribution in [2.45, 2.75) is 13.0 Å². The maximum atomic E-state index is 6.30. The van der Waals surface area contributed by atoms with Crippen molar-refractivity contribution in [1.82, 2.24) is 9.80 Å². The molecule has 0 aliphatic carbocycles. The van der Waals surface area contributed by atoms with Crippen molar-refractivity contribution in [2.24, 2.45) is 0 Å². The average Bonchev–Trinajstić information content (AvgIpc) is 2.45. The molecular formula is C15H23ClN2S. The van der Waals surface area contributed by atoms with Gasteiger partial charge in [-0.25, -0.2) is 0 Å². The topological polar surface area (TPSA) is 6.48 Å². The SMILES string of the molecule is CSCCN1CCN(C(C)c2ccccc2Cl)CC1. The number of hydrogen-bond donors (Lipinski definition) is 0. The summed E-state index contributed by atoms with van der Waals surface area (Å²) in [5, 5.41) is 0.889. The molecule has 19 heavy (non-hydrogen) atoms. The molecule has 0 saturated carbocycles. The minimum Gasteiger partial charge on any atom is -0.300 e. The van der Waals surface area contributed by atoms with Gasteiger partial charge in [-0.3, -0.25) is 9.80 Å². The smallest absolute Gasteiger partial charge is 0.0453 e. The molecule has 2 nitrogen and oxygen atoms in total. The first-order valence-electron chi connectivity index (χ1n) is 6.92. The minimum absolute atomic E-state index is 0.413. The van der Waals surface area contributed by atoms with E-state index in [0.717, 1.165) is 18.1 Å². The van der Waals surface area contributed by atoms with Crippen molar-refractivity contribution >= 4 is 23.4 Å². The zero-order valence-corrected chi connectivity index (χ0v) is 13.4. The number of thioether (sulfide) groups is 1. The lowest BCUT2D eigenvalue weighted by atomic mass is 10.1. The quantitative estimate of drug-likeness (QED) is 0.823. The number of halogens is 1. The van der Waals surface area contributed by atoms with Crippen LogP contribution in [-0.4, -0.2) is 54.5 Å². The lowest BCUT2D eigenvalue weighted by molar-refractivity contribution is 0.107. The molecule has 1 aromatic rings. The van der Waals surface area contributed by atoms with Crippen LogP contribution in [-0.2, 0) is 0 Å². The van der Waals surface area contributed by atoms with Crippen LogP contribution in [0.5, 0.6) is 0 Å². The van der Waals surface area contributed by atoms with Crippen molar-refractivity contribution in [2.75, 3.05) is 44.7 Å². The van der Waals surface area contributed by atoms with E-state index in [-0.39, 0.29) is 0 Å². The Balaban J connectivity index is 1.89. The first-order chi connectivity index (χ1) is 9.22. The van der Waals surface area contributed by atoms with Crippen LogP contribution in [0.2, 0.25) is 5.02 Å². The predicted molar refractivity (Wildman–Crippen MR) is 86.3 cm³/mol. The Morgan fingerprint density at radius 1 is 1.21 bits per heavy atom. The Bertz CT molecular complexity index is 391. The van der Waals surface area contributed by atoms with Gasteiger partial charge >= 0.3 is 0 Å². The highest BCUT2D eigenvalue weighted by atomic mass is 35.5. The molecule has 0 radical (unpaired) electrons. The molecule has 1 atom stereocenters. The van der Waals surface area contributed by atoms with Gasteiger partial charge in [0.25, 0.3) is 0 Å². The summed E-state index contributed by atoms with van der Waals surface area (Å²) in [4.78, 5) is 5.10. The Morgan fingerprint density at radius 2 is 1.89 bits per heavy atom. The third-order valence-corrected chi connectivity index (χ3v) is 4.86. The number of benzene rings is 1. The summed E-state index contributed by atoms with van der Waals surface area (Å²) >= 11 is 8.22. The summed E-state index contributed by atoms with van der Waals surface area (Å²) in [6.07, 6.45) is 2.18. The fourth-order valence-electron chi connectivity index (χ4n) is 2.61. The van der Waals surface area contributed by atoms with Gasteiger partial charge < -0.3 is 0 Å². The molecule has 1 fully saturated rings. The molecule has 0 bridgehead atoms. The second-order valence-corrected chi connectivity index (χ2v) is 6.46. The molecule has 4 heteroatoms. The molecule has 1 saturated heterocycles. The third-order valence-electron chi connectivity index (χ3n) is 3.92. The first kappa shape index (κ1) is 15.2. The molecule has 1 aliphatic heterocycles. The normalized spacial score (nSPS) is 19.5. The van der Waals surface area contributed by atoms with Gasteiger partial charge in [-0.2, -0.15) is 11.8 Å². The molecule has 106 valence electrons. The minimum atomic E-state index is 0.413. The van der Waals surface area contributed by atoms with Crippen molar-refractivity contribution in [1.29, 1.82) is 0 Å². The fourth-order valence-corrected chi connectivity index (χ4v) is 3.34. The zero-order chi connectivity index (χ0) is 13.7. The second kappa shape index (κ2) is 7.53. The highest BCUT2D eigenvalue weighted by Crippen LogP contribution is 2.27. The van der Waals surface area contributed by atoms with Gasteiger partial charge in [-0.05, 0) is 24.8 Å². The van der Waals surface area contributed by atoms with Crippen LogP contribution < -0.4 is 0 Å². The summed E-state index contributed by atoms with van der Waals surface area (Å²) in [6.45, 7) is 8.11. The molecule has 0 aromatic heterocycles. The van der Waals surface area contributed by atoms with Gasteiger partial charge in [-0.15, -0.1) is 0 Å². The van der Waals surface area contributed by atoms with Crippen LogP contribution in [0.15, 0.2) is 24.3 Å². The van der Waals surface area contributed by atoms with Crippen LogP contribution in [0.1, 0.15) is 18.5 Å². The van der Waals surface area contributed by atoms with Gasteiger partial charge in [0.2, 0.25) is 0 Å². The van der Waals surface area contributed by atoms with E-state index in [0.29, 0.717) is 6.04 Å². The summed E-state index contributed by atoms with van der Waals surface area (Å²) in [6, 6.07) is 8.62. The van der Waals surface area contributed by atoms with Crippen LogP contribution in [0, 0.1) is 0 Å². The molecule has 0 spiro atoms. The predicted octanol–water partition coefficient (Wildman–Crippen LogP) is 3.38. The van der Waals surface area contributed by atoms with E-state index in [9.17, 15) is 0 Å². The van der Waals surface area contributed by atoms with E-state index in [1.807, 2.05) is 23.9 Å². The van der Waals surface area contributed by atoms with E-state index < -0.39 is 0 Å². The Morgan fingerprint density at radius 3 is 2.53 bits per heavy atom. The van der Waals surface area contributed by atoms with Crippen LogP contribution in [0.3, 0.4) is 0 Å². The van der Waals surface area contributed by atoms with Gasteiger partial charge in [0.15, 0.2) is 0 Å². The Labute approximate surface area is 126 Å². The maximum absolute atomic E-state index is 6.30. The Kier molecular flexibility index (Phi) is 6.02. The third kappa shape index (κ3) is 4.12. The molecule has 1 unspecified atom stereocenters. The van der Waals surface area contributed by atoms with E-state index in [1.165, 1.54) is 31.0 Å². The van der Waals surface area contributed by atoms with Crippen molar-refractivity contribution in [3.05, 3.63) is 34.9 Å². The maximum Gasteiger partial charge on any atom is 0.0453 e. The average molecular weight is 299 g/mol. The summed E-state index contributed by atoms with van der Waals surface area (Å²) < 4.78 is 0. The van der Waals surface area contributed by atoms with Crippen molar-refractivity contribution in [3.8, 4) is 0 Å². The standard InChI is InChI=1S/C15H23ClN2S/c1-13(14-5-3-4-6-15(14)16)18-9-7-17(8-10-18)11-12-19-2/h3-6,13H,7-12H2,1-2H3. The van der Waals surface area contributed by atoms with E-state index in [1.54, 1.807) is 0 Å². The molecule has 1 heterocycles. The molecule has 1 aliphatic rings.